The van der Waals surface area contributed by atoms with E-state index in [9.17, 15) is 26.4 Å². The van der Waals surface area contributed by atoms with E-state index in [1.54, 1.807) is 0 Å². The van der Waals surface area contributed by atoms with Gasteiger partial charge in [0.1, 0.15) is 0 Å². The minimum Gasteiger partial charge on any atom is -0.481 e. The lowest BCUT2D eigenvalue weighted by Gasteiger charge is -2.20. The van der Waals surface area contributed by atoms with Gasteiger partial charge in [-0.2, -0.15) is 13.2 Å². The lowest BCUT2D eigenvalue weighted by Crippen LogP contribution is -2.36. The maximum atomic E-state index is 12.8. The van der Waals surface area contributed by atoms with Gasteiger partial charge in [0.15, 0.2) is 0 Å². The van der Waals surface area contributed by atoms with E-state index in [1.165, 1.54) is 24.3 Å². The van der Waals surface area contributed by atoms with Crippen LogP contribution in [0.4, 0.5) is 13.2 Å². The minimum atomic E-state index is -4.68. The van der Waals surface area contributed by atoms with Crippen LogP contribution in [0.5, 0.6) is 0 Å². The molecule has 0 unspecified atom stereocenters. The first kappa shape index (κ1) is 18.9. The SMILES string of the molecule is O=C(O)CC[C@@H](CNS(=O)(=O)c1ccc(Br)cc1)C(F)(F)F. The highest BCUT2D eigenvalue weighted by atomic mass is 79.9. The first-order valence-electron chi connectivity index (χ1n) is 6.06. The number of carboxylic acids is 1. The van der Waals surface area contributed by atoms with Gasteiger partial charge in [-0.15, -0.1) is 0 Å². The van der Waals surface area contributed by atoms with Crippen molar-refractivity contribution in [2.24, 2.45) is 5.92 Å². The van der Waals surface area contributed by atoms with Gasteiger partial charge in [-0.05, 0) is 30.7 Å². The second-order valence-corrected chi connectivity index (χ2v) is 7.16. The molecule has 0 aliphatic carbocycles. The summed E-state index contributed by atoms with van der Waals surface area (Å²) in [6, 6.07) is 5.37. The second-order valence-electron chi connectivity index (χ2n) is 4.48. The van der Waals surface area contributed by atoms with Gasteiger partial charge in [0.2, 0.25) is 10.0 Å². The number of carboxylic acid groups (broad SMARTS) is 1. The molecule has 5 nitrogen and oxygen atoms in total. The third-order valence-electron chi connectivity index (χ3n) is 2.81. The molecule has 0 bridgehead atoms. The van der Waals surface area contributed by atoms with Gasteiger partial charge in [0, 0.05) is 17.4 Å². The number of hydrogen-bond donors (Lipinski definition) is 2. The molecular weight excluding hydrogens is 391 g/mol. The van der Waals surface area contributed by atoms with E-state index < -0.39 is 47.5 Å². The molecule has 0 aliphatic rings. The Morgan fingerprint density at radius 1 is 1.27 bits per heavy atom. The van der Waals surface area contributed by atoms with Crippen LogP contribution in [0, 0.1) is 5.92 Å². The summed E-state index contributed by atoms with van der Waals surface area (Å²) in [6.07, 6.45) is -6.07. The van der Waals surface area contributed by atoms with Crippen molar-refractivity contribution >= 4 is 31.9 Å². The van der Waals surface area contributed by atoms with Crippen LogP contribution in [-0.4, -0.2) is 32.2 Å². The molecule has 22 heavy (non-hydrogen) atoms. The van der Waals surface area contributed by atoms with Crippen molar-refractivity contribution < 1.29 is 31.5 Å². The molecule has 0 aromatic heterocycles. The molecule has 2 N–H and O–H groups in total. The zero-order valence-electron chi connectivity index (χ0n) is 11.1. The highest BCUT2D eigenvalue weighted by Crippen LogP contribution is 2.29. The van der Waals surface area contributed by atoms with Crippen LogP contribution in [0.3, 0.4) is 0 Å². The van der Waals surface area contributed by atoms with Crippen LogP contribution in [0.15, 0.2) is 33.6 Å². The van der Waals surface area contributed by atoms with E-state index in [4.69, 9.17) is 5.11 Å². The Labute approximate surface area is 133 Å². The molecule has 0 saturated carbocycles. The number of halogens is 4. The smallest absolute Gasteiger partial charge is 0.393 e. The van der Waals surface area contributed by atoms with Crippen molar-refractivity contribution in [3.63, 3.8) is 0 Å². The number of carbonyl (C=O) groups is 1. The number of rotatable bonds is 7. The summed E-state index contributed by atoms with van der Waals surface area (Å²) >= 11 is 3.11. The fourth-order valence-electron chi connectivity index (χ4n) is 1.59. The van der Waals surface area contributed by atoms with Gasteiger partial charge in [-0.25, -0.2) is 13.1 Å². The normalized spacial score (nSPS) is 13.8. The molecule has 1 aromatic rings. The number of nitrogens with one attached hydrogen (secondary N) is 1. The quantitative estimate of drug-likeness (QED) is 0.732. The van der Waals surface area contributed by atoms with Crippen LogP contribution in [0.1, 0.15) is 12.8 Å². The molecule has 0 fully saturated rings. The molecule has 0 spiro atoms. The van der Waals surface area contributed by atoms with Crippen molar-refractivity contribution in [2.45, 2.75) is 23.9 Å². The second kappa shape index (κ2) is 7.42. The van der Waals surface area contributed by atoms with Gasteiger partial charge in [-0.3, -0.25) is 4.79 Å². The fraction of sp³-hybridized carbons (Fsp3) is 0.417. The highest BCUT2D eigenvalue weighted by molar-refractivity contribution is 9.10. The first-order chi connectivity index (χ1) is 10.0. The van der Waals surface area contributed by atoms with Gasteiger partial charge < -0.3 is 5.11 Å². The van der Waals surface area contributed by atoms with Crippen molar-refractivity contribution in [1.29, 1.82) is 0 Å². The standard InChI is InChI=1S/C12H13BrF3NO4S/c13-9-2-4-10(5-3-9)22(20,21)17-7-8(12(14,15)16)1-6-11(18)19/h2-5,8,17H,1,6-7H2,(H,18,19)/t8-/m0/s1. The molecule has 10 heteroatoms. The van der Waals surface area contributed by atoms with Gasteiger partial charge in [-0.1, -0.05) is 15.9 Å². The summed E-state index contributed by atoms with van der Waals surface area (Å²) in [5.41, 5.74) is 0. The molecule has 0 saturated heterocycles. The van der Waals surface area contributed by atoms with E-state index in [0.29, 0.717) is 4.47 Å². The van der Waals surface area contributed by atoms with Crippen LogP contribution >= 0.6 is 15.9 Å². The molecular formula is C12H13BrF3NO4S. The van der Waals surface area contributed by atoms with Crippen LogP contribution < -0.4 is 4.72 Å². The highest BCUT2D eigenvalue weighted by Gasteiger charge is 2.40. The Hall–Kier alpha value is -1.13. The Bertz CT molecular complexity index is 616. The lowest BCUT2D eigenvalue weighted by molar-refractivity contribution is -0.175. The Kier molecular flexibility index (Phi) is 6.38. The topological polar surface area (TPSA) is 83.5 Å². The van der Waals surface area contributed by atoms with Crippen LogP contribution in [0.2, 0.25) is 0 Å². The predicted molar refractivity (Wildman–Crippen MR) is 75.7 cm³/mol. The summed E-state index contributed by atoms with van der Waals surface area (Å²) < 4.78 is 64.6. The summed E-state index contributed by atoms with van der Waals surface area (Å²) in [5.74, 6) is -3.43. The minimum absolute atomic E-state index is 0.171. The van der Waals surface area contributed by atoms with Crippen LogP contribution in [-0.2, 0) is 14.8 Å². The molecule has 1 rings (SSSR count). The van der Waals surface area contributed by atoms with Gasteiger partial charge in [0.25, 0.3) is 0 Å². The predicted octanol–water partition coefficient (Wildman–Crippen LogP) is 2.77. The van der Waals surface area contributed by atoms with Crippen molar-refractivity contribution in [1.82, 2.24) is 4.72 Å². The average molecular weight is 404 g/mol. The zero-order valence-corrected chi connectivity index (χ0v) is 13.5. The molecule has 1 atom stereocenters. The van der Waals surface area contributed by atoms with E-state index in [2.05, 4.69) is 15.9 Å². The lowest BCUT2D eigenvalue weighted by atomic mass is 10.0. The number of hydrogen-bond acceptors (Lipinski definition) is 3. The average Bonchev–Trinajstić information content (AvgIpc) is 2.37. The largest absolute Gasteiger partial charge is 0.481 e. The number of benzene rings is 1. The maximum Gasteiger partial charge on any atom is 0.393 e. The van der Waals surface area contributed by atoms with E-state index in [-0.39, 0.29) is 4.90 Å². The Morgan fingerprint density at radius 3 is 2.27 bits per heavy atom. The molecule has 1 aromatic carbocycles. The van der Waals surface area contributed by atoms with Crippen molar-refractivity contribution in [2.75, 3.05) is 6.54 Å². The zero-order chi connectivity index (χ0) is 17.0. The maximum absolute atomic E-state index is 12.8. The van der Waals surface area contributed by atoms with E-state index >= 15 is 0 Å². The first-order valence-corrected chi connectivity index (χ1v) is 8.34. The molecule has 0 radical (unpaired) electrons. The monoisotopic (exact) mass is 403 g/mol. The number of alkyl halides is 3. The summed E-state index contributed by atoms with van der Waals surface area (Å²) in [4.78, 5) is 10.2. The number of sulfonamides is 1. The van der Waals surface area contributed by atoms with Crippen molar-refractivity contribution in [3.05, 3.63) is 28.7 Å². The third kappa shape index (κ3) is 5.93. The summed E-state index contributed by atoms with van der Waals surface area (Å²) in [5, 5.41) is 8.45. The van der Waals surface area contributed by atoms with Crippen molar-refractivity contribution in [3.8, 4) is 0 Å². The van der Waals surface area contributed by atoms with E-state index in [0.717, 1.165) is 0 Å². The molecule has 124 valence electrons. The molecule has 0 heterocycles. The number of aliphatic carboxylic acids is 1. The summed E-state index contributed by atoms with van der Waals surface area (Å²) in [7, 11) is -4.09. The van der Waals surface area contributed by atoms with Gasteiger partial charge >= 0.3 is 12.1 Å². The summed E-state index contributed by atoms with van der Waals surface area (Å²) in [6.45, 7) is -0.908. The third-order valence-corrected chi connectivity index (χ3v) is 4.78. The molecule has 0 aliphatic heterocycles. The Balaban J connectivity index is 2.78. The fourth-order valence-corrected chi connectivity index (χ4v) is 2.93. The van der Waals surface area contributed by atoms with E-state index in [1.807, 2.05) is 4.72 Å². The molecule has 0 amide bonds. The van der Waals surface area contributed by atoms with Crippen LogP contribution in [0.25, 0.3) is 0 Å². The Morgan fingerprint density at radius 2 is 1.82 bits per heavy atom. The van der Waals surface area contributed by atoms with Gasteiger partial charge in [0.05, 0.1) is 10.8 Å².